The first kappa shape index (κ1) is 24.9. The van der Waals surface area contributed by atoms with Gasteiger partial charge in [0.25, 0.3) is 0 Å². The summed E-state index contributed by atoms with van der Waals surface area (Å²) in [6.45, 7) is 2.12. The lowest BCUT2D eigenvalue weighted by Gasteiger charge is -2.26. The topological polar surface area (TPSA) is 89.9 Å². The van der Waals surface area contributed by atoms with E-state index in [0.29, 0.717) is 12.0 Å². The zero-order valence-electron chi connectivity index (χ0n) is 20.0. The third-order valence-electron chi connectivity index (χ3n) is 6.89. The predicted molar refractivity (Wildman–Crippen MR) is 131 cm³/mol. The minimum absolute atomic E-state index is 0.00846. The van der Waals surface area contributed by atoms with E-state index in [0.717, 1.165) is 36.8 Å². The van der Waals surface area contributed by atoms with Crippen LogP contribution in [-0.4, -0.2) is 41.1 Å². The number of ketones is 1. The fraction of sp³-hybridized carbons (Fsp3) is 0.414. The number of rotatable bonds is 10. The van der Waals surface area contributed by atoms with Gasteiger partial charge in [-0.25, -0.2) is 4.79 Å². The van der Waals surface area contributed by atoms with Crippen molar-refractivity contribution in [2.75, 3.05) is 0 Å². The van der Waals surface area contributed by atoms with E-state index in [4.69, 9.17) is 9.47 Å². The Morgan fingerprint density at radius 1 is 1.03 bits per heavy atom. The molecule has 2 fully saturated rings. The molecular weight excluding hydrogens is 444 g/mol. The highest BCUT2D eigenvalue weighted by Crippen LogP contribution is 2.43. The standard InChI is InChI=1S/C29H32O6/c1-2-3-4-8-11-22(30)16-17-23-24-18-25(31)34-28(26(24)32)27(23)35-29(33)21-14-12-20(13-15-21)19-9-6-5-7-10-19/h5-7,9-10,12-17,23-24,26-28,32H,2-4,8,11,18H2,1H3/t23-,24+,26-,27-,28?/m0/s1. The fourth-order valence-electron chi connectivity index (χ4n) is 4.96. The number of aliphatic hydroxyl groups is 1. The summed E-state index contributed by atoms with van der Waals surface area (Å²) in [5.41, 5.74) is 2.37. The van der Waals surface area contributed by atoms with Crippen molar-refractivity contribution in [2.24, 2.45) is 11.8 Å². The van der Waals surface area contributed by atoms with Crippen molar-refractivity contribution < 1.29 is 29.0 Å². The molecule has 1 heterocycles. The van der Waals surface area contributed by atoms with Gasteiger partial charge in [0, 0.05) is 18.3 Å². The molecule has 4 rings (SSSR count). The van der Waals surface area contributed by atoms with E-state index in [1.165, 1.54) is 6.08 Å². The highest BCUT2D eigenvalue weighted by atomic mass is 16.6. The molecule has 0 radical (unpaired) electrons. The average Bonchev–Trinajstić information content (AvgIpc) is 3.01. The second-order valence-electron chi connectivity index (χ2n) is 9.34. The first-order chi connectivity index (χ1) is 17.0. The van der Waals surface area contributed by atoms with Crippen LogP contribution in [0.3, 0.4) is 0 Å². The zero-order chi connectivity index (χ0) is 24.8. The maximum Gasteiger partial charge on any atom is 0.338 e. The average molecular weight is 477 g/mol. The molecule has 5 atom stereocenters. The van der Waals surface area contributed by atoms with Gasteiger partial charge in [0.1, 0.15) is 6.10 Å². The van der Waals surface area contributed by atoms with Crippen LogP contribution in [0.25, 0.3) is 11.1 Å². The van der Waals surface area contributed by atoms with E-state index in [1.54, 1.807) is 18.2 Å². The van der Waals surface area contributed by atoms with Crippen molar-refractivity contribution >= 4 is 17.7 Å². The number of unbranched alkanes of at least 4 members (excludes halogenated alkanes) is 3. The third-order valence-corrected chi connectivity index (χ3v) is 6.89. The molecule has 1 N–H and O–H groups in total. The lowest BCUT2D eigenvalue weighted by molar-refractivity contribution is -0.168. The first-order valence-corrected chi connectivity index (χ1v) is 12.4. The minimum atomic E-state index is -0.944. The van der Waals surface area contributed by atoms with Gasteiger partial charge < -0.3 is 14.6 Å². The van der Waals surface area contributed by atoms with Crippen LogP contribution in [0, 0.1) is 11.8 Å². The molecule has 1 saturated heterocycles. The maximum atomic E-state index is 13.0. The van der Waals surface area contributed by atoms with E-state index in [1.807, 2.05) is 42.5 Å². The maximum absolute atomic E-state index is 13.0. The van der Waals surface area contributed by atoms with Gasteiger partial charge in [-0.3, -0.25) is 9.59 Å². The Morgan fingerprint density at radius 2 is 1.74 bits per heavy atom. The smallest absolute Gasteiger partial charge is 0.338 e. The number of esters is 2. The van der Waals surface area contributed by atoms with Crippen molar-refractivity contribution in [1.29, 1.82) is 0 Å². The van der Waals surface area contributed by atoms with Gasteiger partial charge >= 0.3 is 11.9 Å². The quantitative estimate of drug-likeness (QED) is 0.298. The molecule has 2 aliphatic rings. The Labute approximate surface area is 205 Å². The summed E-state index contributed by atoms with van der Waals surface area (Å²) < 4.78 is 11.2. The number of aliphatic hydroxyl groups excluding tert-OH is 1. The first-order valence-electron chi connectivity index (χ1n) is 12.4. The van der Waals surface area contributed by atoms with Crippen molar-refractivity contribution in [2.45, 2.75) is 63.8 Å². The Morgan fingerprint density at radius 3 is 2.46 bits per heavy atom. The number of allylic oxidation sites excluding steroid dienone is 1. The second kappa shape index (κ2) is 11.5. The Bertz CT molecular complexity index is 1060. The van der Waals surface area contributed by atoms with Crippen LogP contribution in [0.2, 0.25) is 0 Å². The Kier molecular flexibility index (Phi) is 8.13. The zero-order valence-corrected chi connectivity index (χ0v) is 20.0. The van der Waals surface area contributed by atoms with Crippen LogP contribution in [-0.2, 0) is 19.1 Å². The summed E-state index contributed by atoms with van der Waals surface area (Å²) in [4.78, 5) is 37.4. The molecule has 1 saturated carbocycles. The van der Waals surface area contributed by atoms with Crippen LogP contribution in [0.4, 0.5) is 0 Å². The molecule has 0 aromatic heterocycles. The molecule has 6 heteroatoms. The van der Waals surface area contributed by atoms with Crippen LogP contribution in [0.15, 0.2) is 66.7 Å². The molecule has 2 bridgehead atoms. The normalized spacial score (nSPS) is 25.4. The van der Waals surface area contributed by atoms with E-state index in [-0.39, 0.29) is 12.2 Å². The molecule has 2 aromatic carbocycles. The van der Waals surface area contributed by atoms with Crippen molar-refractivity contribution in [1.82, 2.24) is 0 Å². The summed E-state index contributed by atoms with van der Waals surface area (Å²) in [5.74, 6) is -1.93. The summed E-state index contributed by atoms with van der Waals surface area (Å²) in [6.07, 6.45) is 4.96. The lowest BCUT2D eigenvalue weighted by atomic mass is 9.89. The van der Waals surface area contributed by atoms with Gasteiger partial charge in [-0.15, -0.1) is 0 Å². The van der Waals surface area contributed by atoms with Crippen LogP contribution < -0.4 is 0 Å². The summed E-state index contributed by atoms with van der Waals surface area (Å²) >= 11 is 0. The number of hydrogen-bond acceptors (Lipinski definition) is 6. The monoisotopic (exact) mass is 476 g/mol. The van der Waals surface area contributed by atoms with Crippen molar-refractivity contribution in [3.63, 3.8) is 0 Å². The number of ether oxygens (including phenoxy) is 2. The molecule has 2 aromatic rings. The number of fused-ring (bicyclic) bond motifs is 2. The largest absolute Gasteiger partial charge is 0.456 e. The molecule has 35 heavy (non-hydrogen) atoms. The molecule has 6 nitrogen and oxygen atoms in total. The van der Waals surface area contributed by atoms with E-state index in [2.05, 4.69) is 6.92 Å². The van der Waals surface area contributed by atoms with E-state index < -0.39 is 42.1 Å². The van der Waals surface area contributed by atoms with Gasteiger partial charge in [-0.05, 0) is 35.8 Å². The van der Waals surface area contributed by atoms with Gasteiger partial charge in [-0.2, -0.15) is 0 Å². The third kappa shape index (κ3) is 5.88. The molecule has 1 aliphatic carbocycles. The molecule has 0 spiro atoms. The van der Waals surface area contributed by atoms with E-state index >= 15 is 0 Å². The molecular formula is C29H32O6. The van der Waals surface area contributed by atoms with Gasteiger partial charge in [0.05, 0.1) is 18.1 Å². The molecule has 184 valence electrons. The van der Waals surface area contributed by atoms with E-state index in [9.17, 15) is 19.5 Å². The molecule has 1 aliphatic heterocycles. The minimum Gasteiger partial charge on any atom is -0.456 e. The number of carbonyl (C=O) groups excluding carboxylic acids is 3. The molecule has 0 amide bonds. The van der Waals surface area contributed by atoms with Crippen molar-refractivity contribution in [3.8, 4) is 11.1 Å². The van der Waals surface area contributed by atoms with Gasteiger partial charge in [0.2, 0.25) is 0 Å². The number of carbonyl (C=O) groups is 3. The summed E-state index contributed by atoms with van der Waals surface area (Å²) in [5, 5.41) is 10.7. The summed E-state index contributed by atoms with van der Waals surface area (Å²) in [6, 6.07) is 16.9. The molecule has 1 unspecified atom stereocenters. The fourth-order valence-corrected chi connectivity index (χ4v) is 4.96. The predicted octanol–water partition coefficient (Wildman–Crippen LogP) is 4.90. The van der Waals surface area contributed by atoms with Crippen LogP contribution in [0.5, 0.6) is 0 Å². The van der Waals surface area contributed by atoms with Gasteiger partial charge in [0.15, 0.2) is 11.9 Å². The second-order valence-corrected chi connectivity index (χ2v) is 9.34. The lowest BCUT2D eigenvalue weighted by Crippen LogP contribution is -2.41. The Hall–Kier alpha value is -3.25. The number of benzene rings is 2. The Balaban J connectivity index is 1.46. The van der Waals surface area contributed by atoms with Crippen LogP contribution in [0.1, 0.15) is 55.8 Å². The van der Waals surface area contributed by atoms with Crippen molar-refractivity contribution in [3.05, 3.63) is 72.3 Å². The summed E-state index contributed by atoms with van der Waals surface area (Å²) in [7, 11) is 0. The number of hydrogen-bond donors (Lipinski definition) is 1. The SMILES string of the molecule is CCCCCCC(=O)C=C[C@H]1[C@H]2CC(=O)OC([C@H]2O)[C@H]1OC(=O)c1ccc(-c2ccccc2)cc1. The highest BCUT2D eigenvalue weighted by Gasteiger charge is 2.56. The van der Waals surface area contributed by atoms with Gasteiger partial charge in [-0.1, -0.05) is 74.7 Å². The highest BCUT2D eigenvalue weighted by molar-refractivity contribution is 5.91. The van der Waals surface area contributed by atoms with Crippen LogP contribution >= 0.6 is 0 Å².